The van der Waals surface area contributed by atoms with E-state index in [1.165, 1.54) is 0 Å². The fourth-order valence-electron chi connectivity index (χ4n) is 1.91. The zero-order valence-electron chi connectivity index (χ0n) is 14.0. The molecule has 2 unspecified atom stereocenters. The number of aliphatic carboxylic acids is 4. The van der Waals surface area contributed by atoms with Gasteiger partial charge in [0.2, 0.25) is 5.60 Å². The molecule has 0 amide bonds. The number of hydrogen-bond donors (Lipinski definition) is 6. The molecule has 17 heteroatoms. The number of carboxylic acid groups (broad SMARTS) is 4. The Kier molecular flexibility index (Phi) is 8.20. The lowest BCUT2D eigenvalue weighted by molar-refractivity contribution is -0.191. The maximum atomic E-state index is 11.9. The molecule has 0 aromatic rings. The molecule has 0 aromatic heterocycles. The predicted octanol–water partition coefficient (Wildman–Crippen LogP) is -2.76. The van der Waals surface area contributed by atoms with E-state index in [0.717, 1.165) is 0 Å². The summed E-state index contributed by atoms with van der Waals surface area (Å²) >= 11 is 0. The molecule has 0 saturated carbocycles. The van der Waals surface area contributed by atoms with Crippen LogP contribution in [0.1, 0.15) is 25.7 Å². The second-order valence-corrected chi connectivity index (χ2v) is 6.51. The molecule has 0 aromatic carbocycles. The minimum absolute atomic E-state index is 1.54. The van der Waals surface area contributed by atoms with Crippen molar-refractivity contribution >= 4 is 46.2 Å². The number of carboxylic acids is 4. The highest BCUT2D eigenvalue weighted by Crippen LogP contribution is 2.26. The van der Waals surface area contributed by atoms with Crippen LogP contribution < -0.4 is 0 Å². The molecule has 0 aliphatic carbocycles. The van der Waals surface area contributed by atoms with Crippen LogP contribution in [0.15, 0.2) is 0 Å². The Morgan fingerprint density at radius 2 is 1.21 bits per heavy atom. The molecule has 0 bridgehead atoms. The summed E-state index contributed by atoms with van der Waals surface area (Å²) in [5, 5.41) is 45.2. The minimum Gasteiger partial charge on any atom is -0.481 e. The number of carbonyl (C=O) groups excluding carboxylic acids is 2. The fourth-order valence-corrected chi connectivity index (χ4v) is 2.20. The minimum atomic E-state index is -5.45. The summed E-state index contributed by atoms with van der Waals surface area (Å²) in [5.74, 6) is -12.4. The van der Waals surface area contributed by atoms with Crippen LogP contribution in [0.3, 0.4) is 0 Å². The van der Waals surface area contributed by atoms with Gasteiger partial charge in [-0.3, -0.25) is 23.7 Å². The van der Waals surface area contributed by atoms with Crippen molar-refractivity contribution in [2.45, 2.75) is 36.9 Å². The van der Waals surface area contributed by atoms with Gasteiger partial charge in [-0.2, -0.15) is 8.42 Å². The molecule has 0 aliphatic rings. The second kappa shape index (κ2) is 9.26. The molecule has 16 nitrogen and oxygen atoms in total. The quantitative estimate of drug-likeness (QED) is 0.131. The molecule has 0 spiro atoms. The van der Waals surface area contributed by atoms with Gasteiger partial charge in [-0.05, 0) is 0 Å². The molecule has 0 rings (SSSR count). The molecule has 0 saturated heterocycles. The van der Waals surface area contributed by atoms with Crippen LogP contribution in [0.5, 0.6) is 0 Å². The van der Waals surface area contributed by atoms with Crippen LogP contribution in [-0.2, 0) is 48.1 Å². The summed E-state index contributed by atoms with van der Waals surface area (Å²) < 4.78 is 37.1. The van der Waals surface area contributed by atoms with Crippen LogP contribution in [0, 0.1) is 0 Å². The molecular weight excluding hydrogens is 432 g/mol. The van der Waals surface area contributed by atoms with E-state index in [9.17, 15) is 47.4 Å². The van der Waals surface area contributed by atoms with Crippen molar-refractivity contribution in [2.75, 3.05) is 0 Å². The van der Waals surface area contributed by atoms with E-state index in [0.29, 0.717) is 0 Å². The van der Waals surface area contributed by atoms with Crippen molar-refractivity contribution in [3.63, 3.8) is 0 Å². The number of esters is 1. The van der Waals surface area contributed by atoms with Crippen LogP contribution in [0.2, 0.25) is 0 Å². The van der Waals surface area contributed by atoms with Gasteiger partial charge < -0.3 is 34.5 Å². The van der Waals surface area contributed by atoms with Crippen LogP contribution in [0.4, 0.5) is 0 Å². The molecule has 29 heavy (non-hydrogen) atoms. The van der Waals surface area contributed by atoms with E-state index in [1.807, 2.05) is 0 Å². The summed E-state index contributed by atoms with van der Waals surface area (Å²) in [5.41, 5.74) is -6.64. The van der Waals surface area contributed by atoms with Crippen molar-refractivity contribution in [1.29, 1.82) is 0 Å². The topological polar surface area (TPSA) is 276 Å². The summed E-state index contributed by atoms with van der Waals surface area (Å²) in [6, 6.07) is 0. The average molecular weight is 446 g/mol. The normalized spacial score (nSPS) is 15.2. The number of carbonyl (C=O) groups is 6. The Morgan fingerprint density at radius 1 is 0.724 bits per heavy atom. The lowest BCUT2D eigenvalue weighted by Crippen LogP contribution is -2.50. The molecule has 0 aliphatic heterocycles. The van der Waals surface area contributed by atoms with E-state index in [4.69, 9.17) is 19.9 Å². The number of hydrogen-bond acceptors (Lipinski definition) is 11. The zero-order chi connectivity index (χ0) is 23.2. The third-order valence-corrected chi connectivity index (χ3v) is 3.44. The highest BCUT2D eigenvalue weighted by molar-refractivity contribution is 7.81. The predicted molar refractivity (Wildman–Crippen MR) is 80.4 cm³/mol. The Bertz CT molecular complexity index is 827. The van der Waals surface area contributed by atoms with Gasteiger partial charge in [0.1, 0.15) is 0 Å². The first-order valence-corrected chi connectivity index (χ1v) is 8.33. The van der Waals surface area contributed by atoms with Crippen molar-refractivity contribution in [2.24, 2.45) is 0 Å². The summed E-state index contributed by atoms with van der Waals surface area (Å²) in [6.45, 7) is 0. The van der Waals surface area contributed by atoms with Gasteiger partial charge in [0.15, 0.2) is 5.60 Å². The summed E-state index contributed by atoms with van der Waals surface area (Å²) in [7, 11) is -5.45. The van der Waals surface area contributed by atoms with Crippen molar-refractivity contribution in [3.8, 4) is 0 Å². The first-order chi connectivity index (χ1) is 12.9. The van der Waals surface area contributed by atoms with Gasteiger partial charge in [0.05, 0.1) is 25.7 Å². The number of ether oxygens (including phenoxy) is 1. The van der Waals surface area contributed by atoms with Crippen LogP contribution in [-0.4, -0.2) is 85.5 Å². The Morgan fingerprint density at radius 3 is 1.55 bits per heavy atom. The summed E-state index contributed by atoms with van der Waals surface area (Å²) in [4.78, 5) is 67.3. The largest absolute Gasteiger partial charge is 0.481 e. The van der Waals surface area contributed by atoms with Gasteiger partial charge in [-0.1, -0.05) is 0 Å². The maximum absolute atomic E-state index is 11.9. The van der Waals surface area contributed by atoms with E-state index < -0.39 is 83.1 Å². The number of aliphatic hydroxyl groups is 1. The Labute approximate surface area is 160 Å². The van der Waals surface area contributed by atoms with E-state index in [-0.39, 0.29) is 0 Å². The standard InChI is InChI=1S/C12H14O16S/c13-5(14)1-11(23,9(19)20)3-7(17)27-12(10(21)22,2-6(15)16)4-8(18)28-29(24,25)26/h23H,1-4H2,(H,13,14)(H,15,16)(H,19,20)(H,21,22)(H,24,25,26). The SMILES string of the molecule is O=C(O)CC(O)(CC(=O)OC(CC(=O)O)(CC(=O)OS(=O)(=O)O)C(=O)O)C(=O)O. The molecule has 0 fully saturated rings. The molecule has 2 atom stereocenters. The van der Waals surface area contributed by atoms with Crippen LogP contribution >= 0.6 is 0 Å². The first-order valence-electron chi connectivity index (χ1n) is 6.97. The van der Waals surface area contributed by atoms with E-state index >= 15 is 0 Å². The lowest BCUT2D eigenvalue weighted by Gasteiger charge is -2.28. The monoisotopic (exact) mass is 446 g/mol. The molecule has 0 heterocycles. The highest BCUT2D eigenvalue weighted by atomic mass is 32.3. The third kappa shape index (κ3) is 8.49. The maximum Gasteiger partial charge on any atom is 0.448 e. The van der Waals surface area contributed by atoms with Gasteiger partial charge in [0.25, 0.3) is 0 Å². The second-order valence-electron chi connectivity index (χ2n) is 5.49. The third-order valence-electron chi connectivity index (χ3n) is 3.04. The van der Waals surface area contributed by atoms with Crippen molar-refractivity contribution < 1.29 is 76.2 Å². The van der Waals surface area contributed by atoms with E-state index in [2.05, 4.69) is 8.92 Å². The van der Waals surface area contributed by atoms with E-state index in [1.54, 1.807) is 0 Å². The zero-order valence-corrected chi connectivity index (χ0v) is 14.8. The number of rotatable bonds is 12. The Balaban J connectivity index is 5.85. The highest BCUT2D eigenvalue weighted by Gasteiger charge is 2.50. The molecule has 0 radical (unpaired) electrons. The summed E-state index contributed by atoms with van der Waals surface area (Å²) in [6.07, 6.45) is -6.67. The van der Waals surface area contributed by atoms with Crippen molar-refractivity contribution in [1.82, 2.24) is 0 Å². The van der Waals surface area contributed by atoms with Gasteiger partial charge in [-0.25, -0.2) is 9.59 Å². The van der Waals surface area contributed by atoms with Gasteiger partial charge in [0, 0.05) is 0 Å². The fraction of sp³-hybridized carbons (Fsp3) is 0.500. The van der Waals surface area contributed by atoms with Gasteiger partial charge >= 0.3 is 46.2 Å². The lowest BCUT2D eigenvalue weighted by atomic mass is 9.93. The average Bonchev–Trinajstić information content (AvgIpc) is 2.41. The first kappa shape index (κ1) is 25.7. The van der Waals surface area contributed by atoms with Crippen molar-refractivity contribution in [3.05, 3.63) is 0 Å². The smallest absolute Gasteiger partial charge is 0.448 e. The molecule has 6 N–H and O–H groups in total. The molecular formula is C12H14O16S. The Hall–Kier alpha value is -3.31. The molecule has 164 valence electrons. The van der Waals surface area contributed by atoms with Gasteiger partial charge in [-0.15, -0.1) is 0 Å². The van der Waals surface area contributed by atoms with Crippen LogP contribution in [0.25, 0.3) is 0 Å².